The molecule has 0 aliphatic rings. The summed E-state index contributed by atoms with van der Waals surface area (Å²) in [6.45, 7) is 6.51. The Morgan fingerprint density at radius 1 is 1.26 bits per heavy atom. The summed E-state index contributed by atoms with van der Waals surface area (Å²) in [5, 5.41) is 8.72. The molecule has 0 aliphatic heterocycles. The van der Waals surface area contributed by atoms with Crippen molar-refractivity contribution in [2.75, 3.05) is 0 Å². The van der Waals surface area contributed by atoms with Crippen molar-refractivity contribution in [2.45, 2.75) is 33.7 Å². The van der Waals surface area contributed by atoms with Gasteiger partial charge in [0, 0.05) is 18.3 Å². The average Bonchev–Trinajstić information content (AvgIpc) is 2.71. The van der Waals surface area contributed by atoms with Crippen molar-refractivity contribution in [2.24, 2.45) is 0 Å². The third kappa shape index (κ3) is 3.02. The van der Waals surface area contributed by atoms with E-state index < -0.39 is 5.97 Å². The second kappa shape index (κ2) is 5.26. The Kier molecular flexibility index (Phi) is 3.69. The molecule has 4 nitrogen and oxygen atoms in total. The lowest BCUT2D eigenvalue weighted by molar-refractivity contribution is -0.137. The van der Waals surface area contributed by atoms with Crippen LogP contribution in [-0.4, -0.2) is 20.6 Å². The highest BCUT2D eigenvalue weighted by molar-refractivity contribution is 5.66. The molecule has 19 heavy (non-hydrogen) atoms. The summed E-state index contributed by atoms with van der Waals surface area (Å²) in [5.74, 6) is 0.0512. The maximum Gasteiger partial charge on any atom is 0.305 e. The Morgan fingerprint density at radius 2 is 2.00 bits per heavy atom. The Bertz CT molecular complexity index is 615. The van der Waals surface area contributed by atoms with E-state index in [1.165, 1.54) is 11.1 Å². The maximum absolute atomic E-state index is 10.6. The molecular formula is C15H18N2O2. The molecule has 0 saturated heterocycles. The van der Waals surface area contributed by atoms with Crippen molar-refractivity contribution in [3.05, 3.63) is 41.3 Å². The van der Waals surface area contributed by atoms with Crippen LogP contribution in [-0.2, 0) is 11.3 Å². The predicted octanol–water partition coefficient (Wildman–Crippen LogP) is 2.95. The zero-order valence-electron chi connectivity index (χ0n) is 11.5. The van der Waals surface area contributed by atoms with Crippen LogP contribution in [0.4, 0.5) is 0 Å². The maximum atomic E-state index is 10.6. The normalized spacial score (nSPS) is 10.7. The number of nitrogens with zero attached hydrogens (tertiary/aromatic N) is 2. The number of carboxylic acid groups (broad SMARTS) is 1. The molecule has 0 amide bonds. The largest absolute Gasteiger partial charge is 0.481 e. The zero-order valence-corrected chi connectivity index (χ0v) is 11.5. The summed E-state index contributed by atoms with van der Waals surface area (Å²) in [4.78, 5) is 15.1. The molecule has 2 aromatic rings. The molecule has 0 atom stereocenters. The van der Waals surface area contributed by atoms with E-state index in [0.717, 1.165) is 17.1 Å². The fourth-order valence-electron chi connectivity index (χ4n) is 1.99. The van der Waals surface area contributed by atoms with Crippen LogP contribution in [0.5, 0.6) is 0 Å². The molecule has 0 saturated carbocycles. The van der Waals surface area contributed by atoms with Gasteiger partial charge in [0.25, 0.3) is 0 Å². The first-order chi connectivity index (χ1) is 8.97. The number of aryl methyl sites for hydroxylation is 4. The Hall–Kier alpha value is -2.10. The third-order valence-corrected chi connectivity index (χ3v) is 3.35. The van der Waals surface area contributed by atoms with E-state index in [1.54, 1.807) is 0 Å². The topological polar surface area (TPSA) is 55.1 Å². The second-order valence-corrected chi connectivity index (χ2v) is 4.81. The molecule has 4 heteroatoms. The lowest BCUT2D eigenvalue weighted by Gasteiger charge is -2.02. The monoisotopic (exact) mass is 258 g/mol. The summed E-state index contributed by atoms with van der Waals surface area (Å²) in [6.07, 6.45) is 2.03. The number of carboxylic acids is 1. The third-order valence-electron chi connectivity index (χ3n) is 3.35. The summed E-state index contributed by atoms with van der Waals surface area (Å²) >= 11 is 0. The van der Waals surface area contributed by atoms with Crippen LogP contribution in [0.1, 0.15) is 23.4 Å². The van der Waals surface area contributed by atoms with Gasteiger partial charge in [-0.2, -0.15) is 0 Å². The summed E-state index contributed by atoms with van der Waals surface area (Å²) in [5.41, 5.74) is 4.45. The standard InChI is InChI=1S/C15H18N2O2/c1-10-4-5-13(8-11(10)2)14-9-17(12(3)16-14)7-6-15(18)19/h4-5,8-9H,6-7H2,1-3H3,(H,18,19). The van der Waals surface area contributed by atoms with Gasteiger partial charge in [-0.3, -0.25) is 4.79 Å². The Balaban J connectivity index is 2.28. The van der Waals surface area contributed by atoms with Crippen LogP contribution in [0.2, 0.25) is 0 Å². The minimum absolute atomic E-state index is 0.115. The fourth-order valence-corrected chi connectivity index (χ4v) is 1.99. The van der Waals surface area contributed by atoms with Crippen molar-refractivity contribution in [3.63, 3.8) is 0 Å². The average molecular weight is 258 g/mol. The minimum Gasteiger partial charge on any atom is -0.481 e. The van der Waals surface area contributed by atoms with E-state index in [-0.39, 0.29) is 6.42 Å². The molecule has 1 heterocycles. The van der Waals surface area contributed by atoms with Crippen molar-refractivity contribution >= 4 is 5.97 Å². The van der Waals surface area contributed by atoms with Crippen LogP contribution in [0.15, 0.2) is 24.4 Å². The highest BCUT2D eigenvalue weighted by Crippen LogP contribution is 2.21. The van der Waals surface area contributed by atoms with Crippen molar-refractivity contribution < 1.29 is 9.90 Å². The number of imidazole rings is 1. The summed E-state index contributed by atoms with van der Waals surface area (Å²) < 4.78 is 1.89. The molecule has 1 aromatic heterocycles. The highest BCUT2D eigenvalue weighted by Gasteiger charge is 2.08. The van der Waals surface area contributed by atoms with E-state index in [1.807, 2.05) is 23.8 Å². The molecule has 0 spiro atoms. The first-order valence-corrected chi connectivity index (χ1v) is 6.30. The van der Waals surface area contributed by atoms with E-state index in [4.69, 9.17) is 5.11 Å². The number of hydrogen-bond acceptors (Lipinski definition) is 2. The quantitative estimate of drug-likeness (QED) is 0.917. The van der Waals surface area contributed by atoms with Gasteiger partial charge in [-0.15, -0.1) is 0 Å². The SMILES string of the molecule is Cc1ccc(-c2cn(CCC(=O)O)c(C)n2)cc1C. The van der Waals surface area contributed by atoms with E-state index in [9.17, 15) is 4.79 Å². The van der Waals surface area contributed by atoms with Gasteiger partial charge < -0.3 is 9.67 Å². The Labute approximate surface area is 112 Å². The molecule has 100 valence electrons. The molecule has 0 radical (unpaired) electrons. The number of benzene rings is 1. The zero-order chi connectivity index (χ0) is 14.0. The minimum atomic E-state index is -0.791. The molecule has 0 bridgehead atoms. The number of aromatic nitrogens is 2. The molecule has 1 N–H and O–H groups in total. The van der Waals surface area contributed by atoms with Gasteiger partial charge in [0.05, 0.1) is 12.1 Å². The molecule has 0 fully saturated rings. The van der Waals surface area contributed by atoms with E-state index in [0.29, 0.717) is 6.54 Å². The van der Waals surface area contributed by atoms with E-state index >= 15 is 0 Å². The molecule has 1 aromatic carbocycles. The van der Waals surface area contributed by atoms with Gasteiger partial charge in [-0.1, -0.05) is 12.1 Å². The smallest absolute Gasteiger partial charge is 0.305 e. The summed E-state index contributed by atoms with van der Waals surface area (Å²) in [6, 6.07) is 6.24. The van der Waals surface area contributed by atoms with Crippen LogP contribution in [0.3, 0.4) is 0 Å². The van der Waals surface area contributed by atoms with Crippen LogP contribution >= 0.6 is 0 Å². The number of rotatable bonds is 4. The molecule has 2 rings (SSSR count). The van der Waals surface area contributed by atoms with Gasteiger partial charge in [-0.05, 0) is 38.0 Å². The van der Waals surface area contributed by atoms with Gasteiger partial charge >= 0.3 is 5.97 Å². The van der Waals surface area contributed by atoms with Gasteiger partial charge in [0.1, 0.15) is 5.82 Å². The number of carbonyl (C=O) groups is 1. The first kappa shape index (κ1) is 13.3. The van der Waals surface area contributed by atoms with Crippen molar-refractivity contribution in [1.29, 1.82) is 0 Å². The van der Waals surface area contributed by atoms with Gasteiger partial charge in [0.2, 0.25) is 0 Å². The predicted molar refractivity (Wildman–Crippen MR) is 74.1 cm³/mol. The lowest BCUT2D eigenvalue weighted by atomic mass is 10.0. The van der Waals surface area contributed by atoms with Crippen LogP contribution in [0.25, 0.3) is 11.3 Å². The first-order valence-electron chi connectivity index (χ1n) is 6.30. The molecule has 0 unspecified atom stereocenters. The highest BCUT2D eigenvalue weighted by atomic mass is 16.4. The van der Waals surface area contributed by atoms with Crippen LogP contribution < -0.4 is 0 Å². The lowest BCUT2D eigenvalue weighted by Crippen LogP contribution is -2.04. The van der Waals surface area contributed by atoms with Crippen molar-refractivity contribution in [3.8, 4) is 11.3 Å². The molecule has 0 aliphatic carbocycles. The van der Waals surface area contributed by atoms with Crippen molar-refractivity contribution in [1.82, 2.24) is 9.55 Å². The second-order valence-electron chi connectivity index (χ2n) is 4.81. The molecular weight excluding hydrogens is 240 g/mol. The number of hydrogen-bond donors (Lipinski definition) is 1. The van der Waals surface area contributed by atoms with Crippen LogP contribution in [0, 0.1) is 20.8 Å². The fraction of sp³-hybridized carbons (Fsp3) is 0.333. The van der Waals surface area contributed by atoms with Gasteiger partial charge in [-0.25, -0.2) is 4.98 Å². The summed E-state index contributed by atoms with van der Waals surface area (Å²) in [7, 11) is 0. The Morgan fingerprint density at radius 3 is 2.63 bits per heavy atom. The van der Waals surface area contributed by atoms with E-state index in [2.05, 4.69) is 31.0 Å². The number of aliphatic carboxylic acids is 1. The van der Waals surface area contributed by atoms with Gasteiger partial charge in [0.15, 0.2) is 0 Å².